The molecule has 2 atom stereocenters. The summed E-state index contributed by atoms with van der Waals surface area (Å²) in [7, 11) is 0. The lowest BCUT2D eigenvalue weighted by molar-refractivity contribution is -0.126. The van der Waals surface area contributed by atoms with Crippen molar-refractivity contribution in [1.29, 1.82) is 0 Å². The van der Waals surface area contributed by atoms with Crippen molar-refractivity contribution in [3.8, 4) is 11.8 Å². The number of phenolic OH excluding ortho intramolecular Hbond substituents is 1. The molecule has 3 aromatic rings. The van der Waals surface area contributed by atoms with Crippen molar-refractivity contribution in [2.24, 2.45) is 0 Å². The number of fused-ring (bicyclic) bond motifs is 2. The Bertz CT molecular complexity index is 1440. The molecule has 0 radical (unpaired) electrons. The van der Waals surface area contributed by atoms with Gasteiger partial charge in [0.15, 0.2) is 0 Å². The number of hydrogen-bond donors (Lipinski definition) is 2. The molecular formula is C31H38N6O4. The number of carbonyl (C=O) groups is 1. The Hall–Kier alpha value is -3.89. The topological polar surface area (TPSA) is 106 Å². The molecule has 2 fully saturated rings. The van der Waals surface area contributed by atoms with Crippen molar-refractivity contribution in [2.45, 2.75) is 38.5 Å². The van der Waals surface area contributed by atoms with Crippen molar-refractivity contribution >= 4 is 28.2 Å². The van der Waals surface area contributed by atoms with Crippen LogP contribution in [0.5, 0.6) is 11.8 Å². The van der Waals surface area contributed by atoms with Gasteiger partial charge < -0.3 is 29.6 Å². The number of benzene rings is 2. The molecule has 6 rings (SSSR count). The average Bonchev–Trinajstić information content (AvgIpc) is 3.39. The molecule has 1 amide bonds. The normalized spacial score (nSPS) is 20.2. The Morgan fingerprint density at radius 1 is 1.12 bits per heavy atom. The number of aliphatic hydroxyl groups is 1. The van der Waals surface area contributed by atoms with E-state index < -0.39 is 0 Å². The SMILES string of the molecule is C=CC(=O)N1CCN(c2nc(OC(C)CN3CCC(O)C3)nc3c2CCN(c2cc(O)cc4ccccc24)C3)CC1. The largest absolute Gasteiger partial charge is 0.508 e. The fraction of sp³-hybridized carbons (Fsp3) is 0.452. The molecule has 10 nitrogen and oxygen atoms in total. The summed E-state index contributed by atoms with van der Waals surface area (Å²) in [5, 5.41) is 22.5. The molecule has 0 spiro atoms. The van der Waals surface area contributed by atoms with Crippen LogP contribution in [0.2, 0.25) is 0 Å². The van der Waals surface area contributed by atoms with Crippen LogP contribution in [0.15, 0.2) is 49.1 Å². The third kappa shape index (κ3) is 5.80. The van der Waals surface area contributed by atoms with Gasteiger partial charge >= 0.3 is 6.01 Å². The van der Waals surface area contributed by atoms with E-state index in [1.807, 2.05) is 36.1 Å². The minimum absolute atomic E-state index is 0.0479. The quantitative estimate of drug-likeness (QED) is 0.424. The highest BCUT2D eigenvalue weighted by Gasteiger charge is 2.30. The first kappa shape index (κ1) is 27.3. The number of rotatable bonds is 7. The molecule has 1 aromatic heterocycles. The number of ether oxygens (including phenoxy) is 1. The highest BCUT2D eigenvalue weighted by molar-refractivity contribution is 5.95. The molecule has 2 saturated heterocycles. The van der Waals surface area contributed by atoms with Gasteiger partial charge in [-0.15, -0.1) is 0 Å². The molecule has 2 aromatic carbocycles. The number of anilines is 2. The Kier molecular flexibility index (Phi) is 7.68. The lowest BCUT2D eigenvalue weighted by Gasteiger charge is -2.38. The second kappa shape index (κ2) is 11.5. The number of carbonyl (C=O) groups excluding carboxylic acids is 1. The smallest absolute Gasteiger partial charge is 0.318 e. The van der Waals surface area contributed by atoms with Crippen molar-refractivity contribution in [3.63, 3.8) is 0 Å². The summed E-state index contributed by atoms with van der Waals surface area (Å²) in [6, 6.07) is 12.1. The van der Waals surface area contributed by atoms with E-state index in [0.717, 1.165) is 59.5 Å². The van der Waals surface area contributed by atoms with Gasteiger partial charge in [-0.05, 0) is 37.3 Å². The van der Waals surface area contributed by atoms with Crippen LogP contribution < -0.4 is 14.5 Å². The van der Waals surface area contributed by atoms with Crippen LogP contribution in [0, 0.1) is 0 Å². The van der Waals surface area contributed by atoms with E-state index in [1.165, 1.54) is 6.08 Å². The maximum atomic E-state index is 12.2. The Morgan fingerprint density at radius 2 is 1.93 bits per heavy atom. The fourth-order valence-corrected chi connectivity index (χ4v) is 6.27. The highest BCUT2D eigenvalue weighted by atomic mass is 16.5. The van der Waals surface area contributed by atoms with Gasteiger partial charge in [0.2, 0.25) is 5.91 Å². The van der Waals surface area contributed by atoms with Gasteiger partial charge in [0.25, 0.3) is 0 Å². The number of likely N-dealkylation sites (tertiary alicyclic amines) is 1. The third-order valence-corrected chi connectivity index (χ3v) is 8.32. The molecule has 0 saturated carbocycles. The van der Waals surface area contributed by atoms with E-state index in [-0.39, 0.29) is 23.9 Å². The average molecular weight is 559 g/mol. The molecule has 10 heteroatoms. The Labute approximate surface area is 240 Å². The van der Waals surface area contributed by atoms with E-state index in [2.05, 4.69) is 27.3 Å². The summed E-state index contributed by atoms with van der Waals surface area (Å²) in [5.74, 6) is 1.07. The first-order valence-corrected chi connectivity index (χ1v) is 14.5. The summed E-state index contributed by atoms with van der Waals surface area (Å²) in [6.45, 7) is 11.7. The van der Waals surface area contributed by atoms with Crippen LogP contribution in [0.4, 0.5) is 11.5 Å². The second-order valence-electron chi connectivity index (χ2n) is 11.3. The zero-order valence-electron chi connectivity index (χ0n) is 23.6. The predicted octanol–water partition coefficient (Wildman–Crippen LogP) is 2.57. The lowest BCUT2D eigenvalue weighted by Crippen LogP contribution is -2.49. The number of piperazine rings is 1. The number of aromatic hydroxyl groups is 1. The summed E-state index contributed by atoms with van der Waals surface area (Å²) in [5.41, 5.74) is 3.00. The van der Waals surface area contributed by atoms with E-state index in [0.29, 0.717) is 51.8 Å². The molecule has 3 aliphatic heterocycles. The molecular weight excluding hydrogens is 520 g/mol. The number of aromatic nitrogens is 2. The zero-order valence-corrected chi connectivity index (χ0v) is 23.6. The summed E-state index contributed by atoms with van der Waals surface area (Å²) in [6.07, 6.45) is 2.48. The molecule has 3 aliphatic rings. The van der Waals surface area contributed by atoms with Gasteiger partial charge in [-0.2, -0.15) is 9.97 Å². The summed E-state index contributed by atoms with van der Waals surface area (Å²) in [4.78, 5) is 30.6. The molecule has 2 unspecified atom stereocenters. The van der Waals surface area contributed by atoms with E-state index in [9.17, 15) is 15.0 Å². The van der Waals surface area contributed by atoms with Crippen LogP contribution in [0.3, 0.4) is 0 Å². The minimum atomic E-state index is -0.278. The van der Waals surface area contributed by atoms with Crippen LogP contribution in [0.1, 0.15) is 24.6 Å². The lowest BCUT2D eigenvalue weighted by atomic mass is 10.0. The first-order chi connectivity index (χ1) is 19.9. The summed E-state index contributed by atoms with van der Waals surface area (Å²) >= 11 is 0. The van der Waals surface area contributed by atoms with Gasteiger partial charge in [-0.25, -0.2) is 0 Å². The molecule has 4 heterocycles. The number of phenols is 1. The summed E-state index contributed by atoms with van der Waals surface area (Å²) < 4.78 is 6.31. The van der Waals surface area contributed by atoms with E-state index >= 15 is 0 Å². The number of nitrogens with zero attached hydrogens (tertiary/aromatic N) is 6. The van der Waals surface area contributed by atoms with Crippen LogP contribution >= 0.6 is 0 Å². The number of aliphatic hydroxyl groups excluding tert-OH is 1. The minimum Gasteiger partial charge on any atom is -0.508 e. The van der Waals surface area contributed by atoms with Crippen LogP contribution in [0.25, 0.3) is 10.8 Å². The maximum Gasteiger partial charge on any atom is 0.318 e. The van der Waals surface area contributed by atoms with Crippen molar-refractivity contribution < 1.29 is 19.7 Å². The number of hydrogen-bond acceptors (Lipinski definition) is 9. The monoisotopic (exact) mass is 558 g/mol. The van der Waals surface area contributed by atoms with Crippen LogP contribution in [-0.4, -0.2) is 100 Å². The van der Waals surface area contributed by atoms with E-state index in [4.69, 9.17) is 14.7 Å². The molecule has 216 valence electrons. The number of amides is 1. The third-order valence-electron chi connectivity index (χ3n) is 8.32. The van der Waals surface area contributed by atoms with Gasteiger partial charge in [-0.3, -0.25) is 9.69 Å². The second-order valence-corrected chi connectivity index (χ2v) is 11.3. The highest BCUT2D eigenvalue weighted by Crippen LogP contribution is 2.36. The van der Waals surface area contributed by atoms with Crippen molar-refractivity contribution in [2.75, 3.05) is 62.2 Å². The first-order valence-electron chi connectivity index (χ1n) is 14.5. The fourth-order valence-electron chi connectivity index (χ4n) is 6.27. The van der Waals surface area contributed by atoms with Crippen LogP contribution in [-0.2, 0) is 17.8 Å². The molecule has 2 N–H and O–H groups in total. The van der Waals surface area contributed by atoms with Crippen molar-refractivity contribution in [1.82, 2.24) is 19.8 Å². The van der Waals surface area contributed by atoms with Gasteiger partial charge in [0.1, 0.15) is 17.7 Å². The molecule has 0 bridgehead atoms. The zero-order chi connectivity index (χ0) is 28.5. The Balaban J connectivity index is 1.29. The molecule has 0 aliphatic carbocycles. The predicted molar refractivity (Wildman–Crippen MR) is 159 cm³/mol. The molecule has 41 heavy (non-hydrogen) atoms. The van der Waals surface area contributed by atoms with Gasteiger partial charge in [0, 0.05) is 75.1 Å². The van der Waals surface area contributed by atoms with E-state index in [1.54, 1.807) is 6.07 Å². The Morgan fingerprint density at radius 3 is 2.68 bits per heavy atom. The standard InChI is InChI=1S/C31H38N6O4/c1-3-29(40)35-12-14-36(15-13-35)30-26-9-11-37(28-17-24(39)16-22-6-4-5-7-25(22)28)20-27(26)32-31(33-30)41-21(2)18-34-10-8-23(38)19-34/h3-7,16-17,21,23,38-39H,1,8-15,18-20H2,2H3. The van der Waals surface area contributed by atoms with Crippen molar-refractivity contribution in [3.05, 3.63) is 60.3 Å². The number of β-amino-alcohol motifs (C(OH)–C–C–N with tert-alkyl or cyclic N) is 1. The maximum absolute atomic E-state index is 12.2. The van der Waals surface area contributed by atoms with Gasteiger partial charge in [0.05, 0.1) is 18.3 Å². The van der Waals surface area contributed by atoms with Gasteiger partial charge in [-0.1, -0.05) is 30.8 Å².